The van der Waals surface area contributed by atoms with E-state index in [4.69, 9.17) is 0 Å². The minimum absolute atomic E-state index is 0.0551. The Kier molecular flexibility index (Phi) is 9.36. The van der Waals surface area contributed by atoms with Gasteiger partial charge in [-0.25, -0.2) is 0 Å². The highest BCUT2D eigenvalue weighted by atomic mass is 32.1. The molecule has 0 aromatic carbocycles. The third-order valence-corrected chi connectivity index (χ3v) is 2.20. The van der Waals surface area contributed by atoms with Gasteiger partial charge in [-0.05, 0) is 18.6 Å². The van der Waals surface area contributed by atoms with Crippen LogP contribution in [0.25, 0.3) is 0 Å². The number of hydrogen-bond donors (Lipinski definition) is 3. The van der Waals surface area contributed by atoms with Crippen molar-refractivity contribution in [2.45, 2.75) is 32.6 Å². The molecule has 15 heavy (non-hydrogen) atoms. The van der Waals surface area contributed by atoms with E-state index in [1.54, 1.807) is 0 Å². The predicted octanol–water partition coefficient (Wildman–Crippen LogP) is 0.729. The number of hydrogen-bond acceptors (Lipinski definition) is 3. The lowest BCUT2D eigenvalue weighted by atomic mass is 10.2. The summed E-state index contributed by atoms with van der Waals surface area (Å²) in [5, 5.41) is 5.36. The van der Waals surface area contributed by atoms with Crippen molar-refractivity contribution in [1.82, 2.24) is 10.6 Å². The van der Waals surface area contributed by atoms with E-state index in [-0.39, 0.29) is 11.8 Å². The van der Waals surface area contributed by atoms with Gasteiger partial charge in [0.05, 0.1) is 0 Å². The Balaban J connectivity index is 3.22. The van der Waals surface area contributed by atoms with Gasteiger partial charge in [0.1, 0.15) is 0 Å². The van der Waals surface area contributed by atoms with E-state index in [0.29, 0.717) is 19.5 Å². The number of amides is 2. The van der Waals surface area contributed by atoms with Crippen molar-refractivity contribution in [3.8, 4) is 0 Å². The van der Waals surface area contributed by atoms with Gasteiger partial charge in [0, 0.05) is 26.4 Å². The third-order valence-electron chi connectivity index (χ3n) is 1.88. The van der Waals surface area contributed by atoms with Gasteiger partial charge < -0.3 is 10.6 Å². The number of rotatable bonds is 8. The maximum Gasteiger partial charge on any atom is 0.220 e. The summed E-state index contributed by atoms with van der Waals surface area (Å²) in [6, 6.07) is 0. The first kappa shape index (κ1) is 14.3. The molecule has 0 bridgehead atoms. The second-order valence-corrected chi connectivity index (χ2v) is 3.81. The lowest BCUT2D eigenvalue weighted by molar-refractivity contribution is -0.122. The van der Waals surface area contributed by atoms with Gasteiger partial charge in [0.2, 0.25) is 11.8 Å². The van der Waals surface area contributed by atoms with Gasteiger partial charge in [-0.2, -0.15) is 12.6 Å². The number of thiol groups is 1. The lowest BCUT2D eigenvalue weighted by Gasteiger charge is -2.05. The third kappa shape index (κ3) is 11.2. The minimum atomic E-state index is -0.0713. The molecule has 0 radical (unpaired) electrons. The van der Waals surface area contributed by atoms with Crippen LogP contribution in [0, 0.1) is 0 Å². The van der Waals surface area contributed by atoms with Crippen molar-refractivity contribution in [2.75, 3.05) is 18.8 Å². The molecule has 2 amide bonds. The molecule has 2 N–H and O–H groups in total. The van der Waals surface area contributed by atoms with Gasteiger partial charge in [0.15, 0.2) is 0 Å². The second kappa shape index (κ2) is 9.83. The first-order valence-electron chi connectivity index (χ1n) is 5.29. The van der Waals surface area contributed by atoms with Crippen LogP contribution in [0.4, 0.5) is 0 Å². The van der Waals surface area contributed by atoms with Crippen LogP contribution in [0.5, 0.6) is 0 Å². The monoisotopic (exact) mass is 232 g/mol. The van der Waals surface area contributed by atoms with Crippen molar-refractivity contribution in [2.24, 2.45) is 0 Å². The Morgan fingerprint density at radius 3 is 2.33 bits per heavy atom. The molecule has 0 unspecified atom stereocenters. The standard InChI is InChI=1S/C10H20N2O2S/c1-9(13)11-6-7-12-10(14)5-3-2-4-8-15/h15H,2-8H2,1H3,(H,11,13)(H,12,14). The summed E-state index contributed by atoms with van der Waals surface area (Å²) in [6.45, 7) is 2.46. The van der Waals surface area contributed by atoms with E-state index in [2.05, 4.69) is 23.3 Å². The second-order valence-electron chi connectivity index (χ2n) is 3.37. The summed E-state index contributed by atoms with van der Waals surface area (Å²) in [5.74, 6) is 0.863. The van der Waals surface area contributed by atoms with Crippen molar-refractivity contribution in [3.63, 3.8) is 0 Å². The zero-order valence-electron chi connectivity index (χ0n) is 9.21. The first-order valence-corrected chi connectivity index (χ1v) is 5.92. The van der Waals surface area contributed by atoms with Crippen LogP contribution < -0.4 is 10.6 Å². The molecule has 0 saturated heterocycles. The van der Waals surface area contributed by atoms with E-state index < -0.39 is 0 Å². The van der Waals surface area contributed by atoms with Gasteiger partial charge in [-0.3, -0.25) is 9.59 Å². The van der Waals surface area contributed by atoms with Crippen LogP contribution >= 0.6 is 12.6 Å². The maximum absolute atomic E-state index is 11.2. The summed E-state index contributed by atoms with van der Waals surface area (Å²) in [7, 11) is 0. The molecule has 0 rings (SSSR count). The molecule has 0 aliphatic rings. The van der Waals surface area contributed by atoms with Gasteiger partial charge in [0.25, 0.3) is 0 Å². The first-order chi connectivity index (χ1) is 7.16. The number of carbonyl (C=O) groups excluding carboxylic acids is 2. The van der Waals surface area contributed by atoms with Crippen molar-refractivity contribution >= 4 is 24.4 Å². The van der Waals surface area contributed by atoms with E-state index in [1.807, 2.05) is 0 Å². The molecule has 0 saturated carbocycles. The molecule has 0 aromatic heterocycles. The molecular formula is C10H20N2O2S. The SMILES string of the molecule is CC(=O)NCCNC(=O)CCCCCS. The van der Waals surface area contributed by atoms with E-state index >= 15 is 0 Å². The smallest absolute Gasteiger partial charge is 0.220 e. The van der Waals surface area contributed by atoms with Crippen LogP contribution in [0.15, 0.2) is 0 Å². The fraction of sp³-hybridized carbons (Fsp3) is 0.800. The summed E-state index contributed by atoms with van der Waals surface area (Å²) < 4.78 is 0. The lowest BCUT2D eigenvalue weighted by Crippen LogP contribution is -2.33. The molecule has 5 heteroatoms. The van der Waals surface area contributed by atoms with Crippen LogP contribution in [0.1, 0.15) is 32.6 Å². The topological polar surface area (TPSA) is 58.2 Å². The van der Waals surface area contributed by atoms with Crippen LogP contribution in [0.3, 0.4) is 0 Å². The number of carbonyl (C=O) groups is 2. The van der Waals surface area contributed by atoms with Crippen molar-refractivity contribution in [3.05, 3.63) is 0 Å². The zero-order chi connectivity index (χ0) is 11.5. The highest BCUT2D eigenvalue weighted by molar-refractivity contribution is 7.80. The molecule has 0 aliphatic carbocycles. The van der Waals surface area contributed by atoms with Crippen molar-refractivity contribution < 1.29 is 9.59 Å². The Morgan fingerprint density at radius 1 is 1.07 bits per heavy atom. The Hall–Kier alpha value is -0.710. The summed E-state index contributed by atoms with van der Waals surface area (Å²) >= 11 is 4.09. The average Bonchev–Trinajstić information content (AvgIpc) is 2.19. The zero-order valence-corrected chi connectivity index (χ0v) is 10.1. The predicted molar refractivity (Wildman–Crippen MR) is 64.0 cm³/mol. The van der Waals surface area contributed by atoms with E-state index in [1.165, 1.54) is 6.92 Å². The number of unbranched alkanes of at least 4 members (excludes halogenated alkanes) is 2. The van der Waals surface area contributed by atoms with Gasteiger partial charge in [-0.1, -0.05) is 6.42 Å². The average molecular weight is 232 g/mol. The Morgan fingerprint density at radius 2 is 1.73 bits per heavy atom. The van der Waals surface area contributed by atoms with Crippen LogP contribution in [-0.4, -0.2) is 30.7 Å². The summed E-state index contributed by atoms with van der Waals surface area (Å²) in [5.41, 5.74) is 0. The normalized spacial score (nSPS) is 9.73. The largest absolute Gasteiger partial charge is 0.355 e. The molecule has 0 atom stereocenters. The number of nitrogens with one attached hydrogen (secondary N) is 2. The van der Waals surface area contributed by atoms with Gasteiger partial charge in [-0.15, -0.1) is 0 Å². The molecule has 0 spiro atoms. The quantitative estimate of drug-likeness (QED) is 0.427. The van der Waals surface area contributed by atoms with Crippen LogP contribution in [-0.2, 0) is 9.59 Å². The van der Waals surface area contributed by atoms with E-state index in [9.17, 15) is 9.59 Å². The fourth-order valence-corrected chi connectivity index (χ4v) is 1.33. The molecule has 88 valence electrons. The molecule has 0 heterocycles. The Bertz CT molecular complexity index is 198. The maximum atomic E-state index is 11.2. The van der Waals surface area contributed by atoms with E-state index in [0.717, 1.165) is 25.0 Å². The summed E-state index contributed by atoms with van der Waals surface area (Å²) in [6.07, 6.45) is 3.57. The highest BCUT2D eigenvalue weighted by Crippen LogP contribution is 2.00. The fourth-order valence-electron chi connectivity index (χ4n) is 1.10. The molecule has 0 fully saturated rings. The summed E-state index contributed by atoms with van der Waals surface area (Å²) in [4.78, 5) is 21.7. The van der Waals surface area contributed by atoms with Crippen molar-refractivity contribution in [1.29, 1.82) is 0 Å². The molecule has 0 aromatic rings. The van der Waals surface area contributed by atoms with Crippen LogP contribution in [0.2, 0.25) is 0 Å². The molecule has 4 nitrogen and oxygen atoms in total. The molecular weight excluding hydrogens is 212 g/mol. The highest BCUT2D eigenvalue weighted by Gasteiger charge is 1.99. The Labute approximate surface area is 96.6 Å². The van der Waals surface area contributed by atoms with Gasteiger partial charge >= 0.3 is 0 Å². The molecule has 0 aliphatic heterocycles. The minimum Gasteiger partial charge on any atom is -0.355 e.